The predicted molar refractivity (Wildman–Crippen MR) is 97.6 cm³/mol. The van der Waals surface area contributed by atoms with Crippen LogP contribution in [0.2, 0.25) is 0 Å². The van der Waals surface area contributed by atoms with Crippen LogP contribution < -0.4 is 4.90 Å². The van der Waals surface area contributed by atoms with Crippen molar-refractivity contribution in [1.29, 1.82) is 0 Å². The second-order valence-electron chi connectivity index (χ2n) is 6.39. The maximum atomic E-state index is 12.3. The highest BCUT2D eigenvalue weighted by Gasteiger charge is 2.27. The summed E-state index contributed by atoms with van der Waals surface area (Å²) in [5.41, 5.74) is 0.706. The molecule has 0 saturated heterocycles. The maximum absolute atomic E-state index is 12.3. The number of hydrogen-bond acceptors (Lipinski definition) is 5. The van der Waals surface area contributed by atoms with E-state index in [9.17, 15) is 14.4 Å². The third-order valence-corrected chi connectivity index (χ3v) is 4.90. The Labute approximate surface area is 152 Å². The summed E-state index contributed by atoms with van der Waals surface area (Å²) >= 11 is 1.45. The molecule has 0 bridgehead atoms. The lowest BCUT2D eigenvalue weighted by molar-refractivity contribution is -0.152. The number of fused-ring (bicyclic) bond motifs is 1. The lowest BCUT2D eigenvalue weighted by atomic mass is 10.2. The number of nitrogens with zero attached hydrogens (tertiary/aromatic N) is 2. The summed E-state index contributed by atoms with van der Waals surface area (Å²) in [7, 11) is 0. The smallest absolute Gasteiger partial charge is 0.326 e. The number of thioether (sulfide) groups is 1. The Morgan fingerprint density at radius 3 is 2.48 bits per heavy atom. The molecule has 0 unspecified atom stereocenters. The van der Waals surface area contributed by atoms with Crippen LogP contribution in [0.4, 0.5) is 5.69 Å². The molecule has 0 saturated carbocycles. The lowest BCUT2D eigenvalue weighted by Crippen LogP contribution is -2.45. The predicted octanol–water partition coefficient (Wildman–Crippen LogP) is 2.31. The molecule has 1 aromatic carbocycles. The van der Waals surface area contributed by atoms with Crippen LogP contribution in [-0.4, -0.2) is 53.7 Å². The molecule has 0 aromatic heterocycles. The normalized spacial score (nSPS) is 13.8. The highest BCUT2D eigenvalue weighted by molar-refractivity contribution is 8.00. The second kappa shape index (κ2) is 8.38. The van der Waals surface area contributed by atoms with Crippen LogP contribution in [0.3, 0.4) is 0 Å². The minimum atomic E-state index is -0.587. The summed E-state index contributed by atoms with van der Waals surface area (Å²) in [6, 6.07) is 7.48. The van der Waals surface area contributed by atoms with E-state index in [1.165, 1.54) is 16.7 Å². The van der Waals surface area contributed by atoms with Crippen molar-refractivity contribution in [3.05, 3.63) is 24.3 Å². The van der Waals surface area contributed by atoms with Gasteiger partial charge < -0.3 is 9.64 Å². The minimum Gasteiger partial charge on any atom is -0.454 e. The summed E-state index contributed by atoms with van der Waals surface area (Å²) in [4.78, 5) is 40.6. The van der Waals surface area contributed by atoms with Crippen molar-refractivity contribution in [2.24, 2.45) is 0 Å². The first-order valence-corrected chi connectivity index (χ1v) is 9.28. The number of ether oxygens (including phenoxy) is 1. The van der Waals surface area contributed by atoms with Gasteiger partial charge in [-0.1, -0.05) is 12.1 Å². The molecular weight excluding hydrogens is 340 g/mol. The fourth-order valence-corrected chi connectivity index (χ4v) is 3.83. The molecule has 1 aliphatic rings. The van der Waals surface area contributed by atoms with Gasteiger partial charge in [0.05, 0.1) is 11.4 Å². The number of esters is 1. The fourth-order valence-electron chi connectivity index (χ4n) is 2.89. The Kier molecular flexibility index (Phi) is 6.47. The molecule has 2 amide bonds. The Hall–Kier alpha value is -2.02. The topological polar surface area (TPSA) is 66.9 Å². The number of carbonyl (C=O) groups excluding carboxylic acids is 3. The number of carbonyl (C=O) groups is 3. The number of anilines is 1. The van der Waals surface area contributed by atoms with E-state index in [2.05, 4.69) is 0 Å². The van der Waals surface area contributed by atoms with Gasteiger partial charge in [-0.15, -0.1) is 11.8 Å². The molecule has 2 rings (SSSR count). The van der Waals surface area contributed by atoms with Crippen LogP contribution in [-0.2, 0) is 19.1 Å². The van der Waals surface area contributed by atoms with Crippen molar-refractivity contribution in [1.82, 2.24) is 4.90 Å². The number of rotatable bonds is 6. The van der Waals surface area contributed by atoms with E-state index in [-0.39, 0.29) is 42.8 Å². The first kappa shape index (κ1) is 19.3. The van der Waals surface area contributed by atoms with Gasteiger partial charge in [-0.3, -0.25) is 19.3 Å². The number of hydrogen-bond donors (Lipinski definition) is 0. The van der Waals surface area contributed by atoms with Crippen molar-refractivity contribution < 1.29 is 19.1 Å². The van der Waals surface area contributed by atoms with Gasteiger partial charge in [-0.2, -0.15) is 0 Å². The lowest BCUT2D eigenvalue weighted by Gasteiger charge is -2.31. The Morgan fingerprint density at radius 2 is 1.84 bits per heavy atom. The zero-order valence-corrected chi connectivity index (χ0v) is 15.8. The van der Waals surface area contributed by atoms with Crippen LogP contribution in [0.5, 0.6) is 0 Å². The third kappa shape index (κ3) is 4.75. The molecule has 0 fully saturated rings. The summed E-state index contributed by atoms with van der Waals surface area (Å²) in [6.45, 7) is 7.17. The molecule has 0 spiro atoms. The quantitative estimate of drug-likeness (QED) is 0.725. The van der Waals surface area contributed by atoms with Gasteiger partial charge in [0.2, 0.25) is 5.91 Å². The Morgan fingerprint density at radius 1 is 1.20 bits per heavy atom. The summed E-state index contributed by atoms with van der Waals surface area (Å²) < 4.78 is 5.12. The number of amides is 2. The molecule has 0 aliphatic carbocycles. The van der Waals surface area contributed by atoms with Crippen molar-refractivity contribution in [3.8, 4) is 0 Å². The second-order valence-corrected chi connectivity index (χ2v) is 7.40. The van der Waals surface area contributed by atoms with E-state index in [0.29, 0.717) is 5.69 Å². The van der Waals surface area contributed by atoms with Crippen LogP contribution >= 0.6 is 11.8 Å². The molecule has 6 nitrogen and oxygen atoms in total. The van der Waals surface area contributed by atoms with Crippen molar-refractivity contribution in [2.45, 2.75) is 44.7 Å². The van der Waals surface area contributed by atoms with E-state index >= 15 is 0 Å². The molecule has 25 heavy (non-hydrogen) atoms. The Balaban J connectivity index is 1.97. The standard InChI is InChI=1S/C18H24N2O4S/c1-12(2)20(13(3)4)16(21)10-24-18(23)9-19-14-7-5-6-8-15(14)25-11-17(19)22/h5-8,12-13H,9-11H2,1-4H3. The van der Waals surface area contributed by atoms with E-state index in [1.54, 1.807) is 11.0 Å². The largest absolute Gasteiger partial charge is 0.454 e. The van der Waals surface area contributed by atoms with Crippen molar-refractivity contribution >= 4 is 35.2 Å². The molecule has 1 heterocycles. The van der Waals surface area contributed by atoms with Gasteiger partial charge in [0, 0.05) is 17.0 Å². The maximum Gasteiger partial charge on any atom is 0.326 e. The first-order chi connectivity index (χ1) is 11.8. The fraction of sp³-hybridized carbons (Fsp3) is 0.500. The van der Waals surface area contributed by atoms with E-state index in [1.807, 2.05) is 45.9 Å². The van der Waals surface area contributed by atoms with Gasteiger partial charge >= 0.3 is 5.97 Å². The summed E-state index contributed by atoms with van der Waals surface area (Å²) in [5.74, 6) is -0.675. The molecule has 7 heteroatoms. The highest BCUT2D eigenvalue weighted by atomic mass is 32.2. The van der Waals surface area contributed by atoms with E-state index in [0.717, 1.165) is 4.90 Å². The van der Waals surface area contributed by atoms with Gasteiger partial charge in [-0.25, -0.2) is 0 Å². The van der Waals surface area contributed by atoms with E-state index in [4.69, 9.17) is 4.74 Å². The Bertz CT molecular complexity index is 652. The van der Waals surface area contributed by atoms with Crippen LogP contribution in [0.15, 0.2) is 29.2 Å². The molecule has 1 aliphatic heterocycles. The minimum absolute atomic E-state index is 0.0266. The average molecular weight is 364 g/mol. The van der Waals surface area contributed by atoms with Crippen molar-refractivity contribution in [2.75, 3.05) is 23.8 Å². The molecule has 1 aromatic rings. The number of para-hydroxylation sites is 1. The van der Waals surface area contributed by atoms with Gasteiger partial charge in [-0.05, 0) is 39.8 Å². The van der Waals surface area contributed by atoms with Crippen LogP contribution in [0.1, 0.15) is 27.7 Å². The van der Waals surface area contributed by atoms with Crippen LogP contribution in [0, 0.1) is 0 Å². The van der Waals surface area contributed by atoms with Gasteiger partial charge in [0.15, 0.2) is 6.61 Å². The molecule has 0 N–H and O–H groups in total. The molecule has 0 atom stereocenters. The molecule has 136 valence electrons. The first-order valence-electron chi connectivity index (χ1n) is 8.30. The number of benzene rings is 1. The van der Waals surface area contributed by atoms with Gasteiger partial charge in [0.25, 0.3) is 5.91 Å². The SMILES string of the molecule is CC(C)N(C(=O)COC(=O)CN1C(=O)CSc2ccccc21)C(C)C. The zero-order valence-electron chi connectivity index (χ0n) is 15.0. The zero-order chi connectivity index (χ0) is 18.6. The highest BCUT2D eigenvalue weighted by Crippen LogP contribution is 2.34. The van der Waals surface area contributed by atoms with Crippen LogP contribution in [0.25, 0.3) is 0 Å². The van der Waals surface area contributed by atoms with Gasteiger partial charge in [0.1, 0.15) is 6.54 Å². The molecule has 0 radical (unpaired) electrons. The molecular formula is C18H24N2O4S. The van der Waals surface area contributed by atoms with Crippen molar-refractivity contribution in [3.63, 3.8) is 0 Å². The third-order valence-electron chi connectivity index (χ3n) is 3.85. The summed E-state index contributed by atoms with van der Waals surface area (Å²) in [6.07, 6.45) is 0. The van der Waals surface area contributed by atoms with E-state index < -0.39 is 5.97 Å². The monoisotopic (exact) mass is 364 g/mol. The summed E-state index contributed by atoms with van der Waals surface area (Å²) in [5, 5.41) is 0. The average Bonchev–Trinajstić information content (AvgIpc) is 2.55.